The van der Waals surface area contributed by atoms with Crippen LogP contribution in [0, 0.1) is 23.7 Å². The van der Waals surface area contributed by atoms with E-state index in [9.17, 15) is 29.7 Å². The first-order chi connectivity index (χ1) is 31.9. The van der Waals surface area contributed by atoms with Crippen molar-refractivity contribution < 1.29 is 58.2 Å². The van der Waals surface area contributed by atoms with E-state index in [-0.39, 0.29) is 61.6 Å². The van der Waals surface area contributed by atoms with E-state index in [0.717, 1.165) is 5.56 Å². The summed E-state index contributed by atoms with van der Waals surface area (Å²) >= 11 is 0. The summed E-state index contributed by atoms with van der Waals surface area (Å²) in [6.07, 6.45) is -4.85. The van der Waals surface area contributed by atoms with Gasteiger partial charge in [0.05, 0.1) is 41.5 Å². The van der Waals surface area contributed by atoms with Crippen LogP contribution in [0.15, 0.2) is 30.3 Å². The molecule has 4 aliphatic rings. The molecule has 0 aliphatic carbocycles. The first kappa shape index (κ1) is 55.7. The van der Waals surface area contributed by atoms with Crippen LogP contribution in [-0.2, 0) is 49.3 Å². The molecule has 4 heterocycles. The maximum Gasteiger partial charge on any atom is 0.245 e. The average molecular weight is 960 g/mol. The lowest BCUT2D eigenvalue weighted by Crippen LogP contribution is -2.61. The van der Waals surface area contributed by atoms with Crippen molar-refractivity contribution in [1.82, 2.24) is 25.3 Å². The minimum Gasteiger partial charge on any atom is -0.387 e. The zero-order chi connectivity index (χ0) is 50.4. The third-order valence-corrected chi connectivity index (χ3v) is 14.9. The van der Waals surface area contributed by atoms with Crippen LogP contribution >= 0.6 is 0 Å². The molecule has 5 N–H and O–H groups in total. The van der Waals surface area contributed by atoms with Gasteiger partial charge in [0.1, 0.15) is 30.3 Å². The van der Waals surface area contributed by atoms with Crippen LogP contribution in [0.5, 0.6) is 0 Å². The summed E-state index contributed by atoms with van der Waals surface area (Å²) in [5.41, 5.74) is -1.83. The van der Waals surface area contributed by atoms with Crippen LogP contribution in [0.3, 0.4) is 0 Å². The van der Waals surface area contributed by atoms with E-state index in [1.54, 1.807) is 44.5 Å². The molecule has 386 valence electrons. The molecule has 68 heavy (non-hydrogen) atoms. The number of rotatable bonds is 11. The van der Waals surface area contributed by atoms with E-state index in [1.165, 1.54) is 7.11 Å². The number of ether oxygens (including phenoxy) is 5. The molecule has 17 nitrogen and oxygen atoms in total. The first-order valence-electron chi connectivity index (χ1n) is 25.0. The van der Waals surface area contributed by atoms with E-state index in [4.69, 9.17) is 23.7 Å². The molecule has 0 bridgehead atoms. The molecule has 4 saturated heterocycles. The third kappa shape index (κ3) is 13.6. The molecule has 4 amide bonds. The van der Waals surface area contributed by atoms with E-state index in [0.29, 0.717) is 38.6 Å². The minimum absolute atomic E-state index is 0.00812. The summed E-state index contributed by atoms with van der Waals surface area (Å²) in [7, 11) is 6.95. The van der Waals surface area contributed by atoms with E-state index in [1.807, 2.05) is 83.9 Å². The lowest BCUT2D eigenvalue weighted by atomic mass is 9.77. The Labute approximate surface area is 405 Å². The van der Waals surface area contributed by atoms with Gasteiger partial charge >= 0.3 is 0 Å². The molecule has 0 unspecified atom stereocenters. The van der Waals surface area contributed by atoms with Crippen molar-refractivity contribution in [2.24, 2.45) is 23.7 Å². The number of fused-ring (bicyclic) bond motifs is 1. The number of amides is 4. The largest absolute Gasteiger partial charge is 0.387 e. The molecule has 4 aliphatic heterocycles. The lowest BCUT2D eigenvalue weighted by Gasteiger charge is -2.49. The number of methoxy groups -OCH3 is 1. The second kappa shape index (κ2) is 23.8. The molecule has 1 aromatic carbocycles. The fourth-order valence-corrected chi connectivity index (χ4v) is 11.1. The van der Waals surface area contributed by atoms with Gasteiger partial charge in [-0.3, -0.25) is 19.2 Å². The SMILES string of the molecule is CO[C@]1(C)C[C@H](O[C@@H]2[C@H](C)[C@@H](O[C@@H]3O[C@H](C)C[C@H](N(C)C)[C@H]3O)[C@](C)(O)C[C@@H](C)CN(C)C(=O)[C@H]3CCCN3C(=O)[C@@H](CC(C)C)NC(=O)[C@H](CCc3ccccc3)NC(=O)[C@@H]2C)O[C@@H](C)[C@@H]1O. The predicted octanol–water partition coefficient (Wildman–Crippen LogP) is 3.24. The molecule has 4 fully saturated rings. The molecule has 1 aromatic rings. The number of aliphatic hydroxyl groups excluding tert-OH is 2. The average Bonchev–Trinajstić information content (AvgIpc) is 3.77. The third-order valence-electron chi connectivity index (χ3n) is 14.9. The van der Waals surface area contributed by atoms with Crippen molar-refractivity contribution in [2.45, 2.75) is 198 Å². The molecule has 0 aromatic heterocycles. The Morgan fingerprint density at radius 3 is 2.21 bits per heavy atom. The highest BCUT2D eigenvalue weighted by atomic mass is 16.7. The van der Waals surface area contributed by atoms with E-state index < -0.39 is 96.1 Å². The molecule has 0 spiro atoms. The molecule has 0 radical (unpaired) electrons. The molecule has 17 heteroatoms. The Morgan fingerprint density at radius 2 is 1.57 bits per heavy atom. The standard InChI is InChI=1S/C51H85N5O12/c1-29(2)24-37-47(61)56-23-17-20-38(56)48(62)55(12)28-30(3)26-50(8,63)44(68-49-41(57)39(54(10)11)25-31(4)65-49)32(5)42(67-40-27-51(9,64-13)43(58)34(7)66-40)33(6)45(59)52-36(46(60)53-37)22-21-35-18-15-14-16-19-35/h14-16,18-19,29-34,36-44,49,57-58,63H,17,20-28H2,1-13H3,(H,52,59)(H,53,60)/t30-,31-,32+,33-,34+,36+,37-,38-,39+,40+,41-,42-,43+,44-,49+,50-,51-/m1/s1. The number of aliphatic hydroxyl groups is 3. The smallest absolute Gasteiger partial charge is 0.245 e. The van der Waals surface area contributed by atoms with Gasteiger partial charge in [-0.15, -0.1) is 0 Å². The number of carbonyl (C=O) groups excluding carboxylic acids is 4. The second-order valence-electron chi connectivity index (χ2n) is 21.7. The Balaban J connectivity index is 1.63. The van der Waals surface area contributed by atoms with Crippen LogP contribution in [0.1, 0.15) is 113 Å². The predicted molar refractivity (Wildman–Crippen MR) is 256 cm³/mol. The minimum atomic E-state index is -1.70. The van der Waals surface area contributed by atoms with Crippen LogP contribution in [0.2, 0.25) is 0 Å². The number of aryl methyl sites for hydroxylation is 1. The maximum absolute atomic E-state index is 15.0. The van der Waals surface area contributed by atoms with E-state index >= 15 is 4.79 Å². The number of hydrogen-bond acceptors (Lipinski definition) is 13. The summed E-state index contributed by atoms with van der Waals surface area (Å²) in [6.45, 7) is 17.0. The zero-order valence-electron chi connectivity index (χ0n) is 43.1. The topological polar surface area (TPSA) is 209 Å². The molecular formula is C51H85N5O12. The monoisotopic (exact) mass is 960 g/mol. The summed E-state index contributed by atoms with van der Waals surface area (Å²) in [5.74, 6) is -3.85. The van der Waals surface area contributed by atoms with Gasteiger partial charge in [-0.2, -0.15) is 0 Å². The van der Waals surface area contributed by atoms with Gasteiger partial charge in [-0.25, -0.2) is 0 Å². The number of nitrogens with zero attached hydrogens (tertiary/aromatic N) is 3. The zero-order valence-corrected chi connectivity index (χ0v) is 43.1. The van der Waals surface area contributed by atoms with Crippen LogP contribution in [0.4, 0.5) is 0 Å². The van der Waals surface area contributed by atoms with Crippen molar-refractivity contribution in [2.75, 3.05) is 41.3 Å². The van der Waals surface area contributed by atoms with Crippen molar-refractivity contribution in [3.63, 3.8) is 0 Å². The molecule has 17 atom stereocenters. The Kier molecular flexibility index (Phi) is 19.5. The number of benzene rings is 1. The first-order valence-corrected chi connectivity index (χ1v) is 25.0. The fourth-order valence-electron chi connectivity index (χ4n) is 11.1. The van der Waals surface area contributed by atoms with Gasteiger partial charge in [0.25, 0.3) is 0 Å². The lowest BCUT2D eigenvalue weighted by molar-refractivity contribution is -0.317. The van der Waals surface area contributed by atoms with Gasteiger partial charge in [0, 0.05) is 45.6 Å². The number of hydrogen-bond donors (Lipinski definition) is 5. The number of likely N-dealkylation sites (N-methyl/N-ethyl adjacent to an activating group) is 2. The summed E-state index contributed by atoms with van der Waals surface area (Å²) < 4.78 is 32.2. The Hall–Kier alpha value is -3.26. The van der Waals surface area contributed by atoms with Crippen molar-refractivity contribution in [1.29, 1.82) is 0 Å². The summed E-state index contributed by atoms with van der Waals surface area (Å²) in [5, 5.41) is 41.9. The highest BCUT2D eigenvalue weighted by molar-refractivity contribution is 5.94. The number of carbonyl (C=O) groups is 4. The van der Waals surface area contributed by atoms with Crippen LogP contribution in [0.25, 0.3) is 0 Å². The highest BCUT2D eigenvalue weighted by Crippen LogP contribution is 2.39. The van der Waals surface area contributed by atoms with Gasteiger partial charge in [0.15, 0.2) is 12.6 Å². The van der Waals surface area contributed by atoms with Gasteiger partial charge in [-0.1, -0.05) is 65.0 Å². The second-order valence-corrected chi connectivity index (χ2v) is 21.7. The molecule has 5 rings (SSSR count). The highest BCUT2D eigenvalue weighted by Gasteiger charge is 2.52. The molecular weight excluding hydrogens is 875 g/mol. The van der Waals surface area contributed by atoms with Crippen molar-refractivity contribution in [3.05, 3.63) is 35.9 Å². The quantitative estimate of drug-likeness (QED) is 0.216. The Bertz CT molecular complexity index is 1820. The van der Waals surface area contributed by atoms with Crippen LogP contribution < -0.4 is 10.6 Å². The molecule has 0 saturated carbocycles. The Morgan fingerprint density at radius 1 is 0.912 bits per heavy atom. The summed E-state index contributed by atoms with van der Waals surface area (Å²) in [4.78, 5) is 63.7. The normalized spacial score (nSPS) is 39.8. The van der Waals surface area contributed by atoms with E-state index in [2.05, 4.69) is 10.6 Å². The van der Waals surface area contributed by atoms with Gasteiger partial charge < -0.3 is 64.3 Å². The van der Waals surface area contributed by atoms with Crippen LogP contribution in [-0.4, -0.2) is 180 Å². The van der Waals surface area contributed by atoms with Gasteiger partial charge in [0.2, 0.25) is 23.6 Å². The number of nitrogens with one attached hydrogen (secondary N) is 2. The van der Waals surface area contributed by atoms with Crippen molar-refractivity contribution in [3.8, 4) is 0 Å². The maximum atomic E-state index is 15.0. The van der Waals surface area contributed by atoms with Crippen molar-refractivity contribution >= 4 is 23.6 Å². The summed E-state index contributed by atoms with van der Waals surface area (Å²) in [6, 6.07) is 6.48. The van der Waals surface area contributed by atoms with Gasteiger partial charge in [-0.05, 0) is 104 Å². The fraction of sp³-hybridized carbons (Fsp3) is 0.804.